The summed E-state index contributed by atoms with van der Waals surface area (Å²) in [5.74, 6) is -0.589. The number of sulfone groups is 1. The summed E-state index contributed by atoms with van der Waals surface area (Å²) < 4.78 is 29.0. The van der Waals surface area contributed by atoms with Gasteiger partial charge in [0, 0.05) is 0 Å². The van der Waals surface area contributed by atoms with Crippen LogP contribution in [0.5, 0.6) is 11.5 Å². The van der Waals surface area contributed by atoms with Gasteiger partial charge in [0.15, 0.2) is 9.84 Å². The second kappa shape index (κ2) is 6.41. The number of carbonyl (C=O) groups excluding carboxylic acids is 1. The number of benzene rings is 2. The van der Waals surface area contributed by atoms with Gasteiger partial charge in [-0.1, -0.05) is 18.2 Å². The van der Waals surface area contributed by atoms with Gasteiger partial charge in [-0.25, -0.2) is 8.42 Å². The first-order valence-corrected chi connectivity index (χ1v) is 7.90. The summed E-state index contributed by atoms with van der Waals surface area (Å²) in [7, 11) is -3.58. The van der Waals surface area contributed by atoms with E-state index in [9.17, 15) is 13.2 Å². The maximum Gasteiger partial charge on any atom is 0.312 e. The van der Waals surface area contributed by atoms with E-state index in [0.717, 1.165) is 0 Å². The normalized spacial score (nSPS) is 11.0. The zero-order chi connectivity index (χ0) is 15.3. The van der Waals surface area contributed by atoms with E-state index >= 15 is 0 Å². The van der Waals surface area contributed by atoms with Crippen molar-refractivity contribution < 1.29 is 23.1 Å². The third-order valence-corrected chi connectivity index (χ3v) is 4.48. The number of phenols is 1. The zero-order valence-corrected chi connectivity index (χ0v) is 11.9. The smallest absolute Gasteiger partial charge is 0.312 e. The molecule has 0 fully saturated rings. The summed E-state index contributed by atoms with van der Waals surface area (Å²) in [4.78, 5) is 11.7. The van der Waals surface area contributed by atoms with E-state index in [0.29, 0.717) is 5.75 Å². The second-order valence-electron chi connectivity index (χ2n) is 4.35. The maximum atomic E-state index is 12.0. The molecule has 0 aliphatic heterocycles. The molecule has 1 N–H and O–H groups in total. The first-order chi connectivity index (χ1) is 9.97. The Morgan fingerprint density at radius 3 is 2.24 bits per heavy atom. The van der Waals surface area contributed by atoms with Crippen molar-refractivity contribution in [2.75, 3.05) is 5.75 Å². The molecule has 0 heterocycles. The highest BCUT2D eigenvalue weighted by Crippen LogP contribution is 2.17. The first-order valence-electron chi connectivity index (χ1n) is 6.25. The molecule has 0 aliphatic carbocycles. The lowest BCUT2D eigenvalue weighted by Gasteiger charge is -2.05. The van der Waals surface area contributed by atoms with Gasteiger partial charge in [-0.2, -0.15) is 0 Å². The quantitative estimate of drug-likeness (QED) is 0.676. The molecule has 2 aromatic rings. The van der Waals surface area contributed by atoms with Crippen LogP contribution in [0.4, 0.5) is 0 Å². The standard InChI is InChI=1S/C15H14O5S/c16-12-6-8-14(9-7-12)21(18,19)11-10-15(17)20-13-4-2-1-3-5-13/h1-9,16H,10-11H2. The number of hydrogen-bond donors (Lipinski definition) is 1. The van der Waals surface area contributed by atoms with E-state index in [1.165, 1.54) is 24.3 Å². The summed E-state index contributed by atoms with van der Waals surface area (Å²) in [5.41, 5.74) is 0. The number of para-hydroxylation sites is 1. The molecule has 110 valence electrons. The molecule has 0 atom stereocenters. The predicted molar refractivity (Wildman–Crippen MR) is 76.9 cm³/mol. The van der Waals surface area contributed by atoms with Crippen LogP contribution in [0.3, 0.4) is 0 Å². The van der Waals surface area contributed by atoms with Gasteiger partial charge in [-0.3, -0.25) is 4.79 Å². The number of hydrogen-bond acceptors (Lipinski definition) is 5. The van der Waals surface area contributed by atoms with Crippen LogP contribution in [-0.4, -0.2) is 25.2 Å². The van der Waals surface area contributed by atoms with E-state index in [1.807, 2.05) is 0 Å². The van der Waals surface area contributed by atoms with Crippen molar-refractivity contribution in [2.45, 2.75) is 11.3 Å². The topological polar surface area (TPSA) is 80.7 Å². The minimum Gasteiger partial charge on any atom is -0.508 e. The molecule has 0 bridgehead atoms. The van der Waals surface area contributed by atoms with Gasteiger partial charge in [-0.05, 0) is 36.4 Å². The number of carbonyl (C=O) groups is 1. The Morgan fingerprint density at radius 2 is 1.62 bits per heavy atom. The van der Waals surface area contributed by atoms with Crippen molar-refractivity contribution in [1.29, 1.82) is 0 Å². The van der Waals surface area contributed by atoms with Crippen LogP contribution >= 0.6 is 0 Å². The third-order valence-electron chi connectivity index (χ3n) is 2.75. The zero-order valence-electron chi connectivity index (χ0n) is 11.1. The molecule has 0 aliphatic rings. The van der Waals surface area contributed by atoms with Gasteiger partial charge in [0.1, 0.15) is 11.5 Å². The Labute approximate surface area is 122 Å². The lowest BCUT2D eigenvalue weighted by atomic mass is 10.3. The summed E-state index contributed by atoms with van der Waals surface area (Å²) in [6.45, 7) is 0. The number of ether oxygens (including phenoxy) is 1. The van der Waals surface area contributed by atoms with Crippen molar-refractivity contribution >= 4 is 15.8 Å². The molecule has 0 radical (unpaired) electrons. The van der Waals surface area contributed by atoms with Crippen LogP contribution in [0.1, 0.15) is 6.42 Å². The molecule has 0 unspecified atom stereocenters. The summed E-state index contributed by atoms with van der Waals surface area (Å²) in [6, 6.07) is 13.6. The molecule has 5 nitrogen and oxygen atoms in total. The lowest BCUT2D eigenvalue weighted by molar-refractivity contribution is -0.133. The van der Waals surface area contributed by atoms with Crippen molar-refractivity contribution in [3.05, 3.63) is 54.6 Å². The molecule has 0 amide bonds. The molecule has 21 heavy (non-hydrogen) atoms. The molecule has 0 saturated heterocycles. The predicted octanol–water partition coefficient (Wildman–Crippen LogP) is 2.16. The van der Waals surface area contributed by atoms with Crippen molar-refractivity contribution in [2.24, 2.45) is 0 Å². The van der Waals surface area contributed by atoms with E-state index < -0.39 is 15.8 Å². The van der Waals surface area contributed by atoms with E-state index in [-0.39, 0.29) is 22.8 Å². The Balaban J connectivity index is 1.95. The second-order valence-corrected chi connectivity index (χ2v) is 6.46. The van der Waals surface area contributed by atoms with Gasteiger partial charge in [0.25, 0.3) is 0 Å². The highest BCUT2D eigenvalue weighted by Gasteiger charge is 2.17. The third kappa shape index (κ3) is 4.32. The van der Waals surface area contributed by atoms with Gasteiger partial charge >= 0.3 is 5.97 Å². The molecule has 2 aromatic carbocycles. The summed E-state index contributed by atoms with van der Waals surface area (Å²) >= 11 is 0. The molecular formula is C15H14O5S. The number of phenolic OH excluding ortho intramolecular Hbond substituents is 1. The molecule has 6 heteroatoms. The van der Waals surface area contributed by atoms with Gasteiger partial charge in [-0.15, -0.1) is 0 Å². The van der Waals surface area contributed by atoms with Crippen LogP contribution in [0, 0.1) is 0 Å². The van der Waals surface area contributed by atoms with Crippen molar-refractivity contribution in [3.63, 3.8) is 0 Å². The summed E-state index contributed by atoms with van der Waals surface area (Å²) in [5, 5.41) is 9.14. The minimum atomic E-state index is -3.58. The van der Waals surface area contributed by atoms with Crippen LogP contribution in [0.15, 0.2) is 59.5 Å². The first kappa shape index (κ1) is 15.1. The van der Waals surface area contributed by atoms with Crippen molar-refractivity contribution in [1.82, 2.24) is 0 Å². The van der Waals surface area contributed by atoms with Crippen LogP contribution in [-0.2, 0) is 14.6 Å². The monoisotopic (exact) mass is 306 g/mol. The van der Waals surface area contributed by atoms with Gasteiger partial charge in [0.2, 0.25) is 0 Å². The highest BCUT2D eigenvalue weighted by atomic mass is 32.2. The Bertz CT molecular complexity index is 705. The SMILES string of the molecule is O=C(CCS(=O)(=O)c1ccc(O)cc1)Oc1ccccc1. The minimum absolute atomic E-state index is 0.0163. The fourth-order valence-electron chi connectivity index (χ4n) is 1.66. The van der Waals surface area contributed by atoms with Crippen LogP contribution < -0.4 is 4.74 Å². The Morgan fingerprint density at radius 1 is 1.00 bits per heavy atom. The van der Waals surface area contributed by atoms with Crippen LogP contribution in [0.2, 0.25) is 0 Å². The van der Waals surface area contributed by atoms with Gasteiger partial charge in [0.05, 0.1) is 17.1 Å². The number of esters is 1. The maximum absolute atomic E-state index is 12.0. The molecule has 0 aromatic heterocycles. The van der Waals surface area contributed by atoms with Crippen LogP contribution in [0.25, 0.3) is 0 Å². The molecule has 0 spiro atoms. The van der Waals surface area contributed by atoms with E-state index in [4.69, 9.17) is 9.84 Å². The molecule has 2 rings (SSSR count). The lowest BCUT2D eigenvalue weighted by Crippen LogP contribution is -2.15. The number of aromatic hydroxyl groups is 1. The number of rotatable bonds is 5. The Kier molecular flexibility index (Phi) is 4.59. The molecular weight excluding hydrogens is 292 g/mol. The van der Waals surface area contributed by atoms with E-state index in [1.54, 1.807) is 30.3 Å². The summed E-state index contributed by atoms with van der Waals surface area (Å²) in [6.07, 6.45) is -0.238. The molecule has 0 saturated carbocycles. The van der Waals surface area contributed by atoms with Gasteiger partial charge < -0.3 is 9.84 Å². The van der Waals surface area contributed by atoms with Crippen molar-refractivity contribution in [3.8, 4) is 11.5 Å². The average Bonchev–Trinajstić information content (AvgIpc) is 2.47. The average molecular weight is 306 g/mol. The fourth-order valence-corrected chi connectivity index (χ4v) is 2.88. The Hall–Kier alpha value is -2.34. The largest absolute Gasteiger partial charge is 0.508 e. The fraction of sp³-hybridized carbons (Fsp3) is 0.133. The van der Waals surface area contributed by atoms with E-state index in [2.05, 4.69) is 0 Å². The highest BCUT2D eigenvalue weighted by molar-refractivity contribution is 7.91.